The molecule has 1 aromatic heterocycles. The number of carboxylic acids is 1. The number of hydrogen-bond donors (Lipinski definition) is 3. The highest BCUT2D eigenvalue weighted by atomic mass is 79.9. The molecule has 2 rings (SSSR count). The van der Waals surface area contributed by atoms with Crippen LogP contribution in [-0.4, -0.2) is 17.1 Å². The lowest BCUT2D eigenvalue weighted by Gasteiger charge is -2.08. The van der Waals surface area contributed by atoms with Gasteiger partial charge in [0.05, 0.1) is 12.1 Å². The molecule has 0 bridgehead atoms. The van der Waals surface area contributed by atoms with Crippen LogP contribution in [0.1, 0.15) is 20.1 Å². The van der Waals surface area contributed by atoms with Gasteiger partial charge in [-0.25, -0.2) is 9.59 Å². The number of carboxylic acid groups (broad SMARTS) is 1. The smallest absolute Gasteiger partial charge is 0.335 e. The fourth-order valence-electron chi connectivity index (χ4n) is 1.71. The molecule has 2 aromatic rings. The number of carbonyl (C=O) groups excluding carboxylic acids is 1. The molecular formula is C14H13BrN2O3S. The van der Waals surface area contributed by atoms with E-state index in [1.165, 1.54) is 17.0 Å². The van der Waals surface area contributed by atoms with E-state index in [2.05, 4.69) is 26.6 Å². The second-order valence-corrected chi connectivity index (χ2v) is 6.64. The van der Waals surface area contributed by atoms with Crippen molar-refractivity contribution in [3.8, 4) is 0 Å². The summed E-state index contributed by atoms with van der Waals surface area (Å²) in [6.07, 6.45) is 0. The molecule has 0 atom stereocenters. The summed E-state index contributed by atoms with van der Waals surface area (Å²) in [5, 5.41) is 14.3. The molecule has 110 valence electrons. The molecule has 1 heterocycles. The molecule has 0 spiro atoms. The van der Waals surface area contributed by atoms with Crippen LogP contribution in [0.3, 0.4) is 0 Å². The number of anilines is 1. The summed E-state index contributed by atoms with van der Waals surface area (Å²) in [7, 11) is 0. The van der Waals surface area contributed by atoms with E-state index in [4.69, 9.17) is 5.11 Å². The van der Waals surface area contributed by atoms with Crippen molar-refractivity contribution in [2.45, 2.75) is 13.5 Å². The Labute approximate surface area is 134 Å². The minimum absolute atomic E-state index is 0.105. The van der Waals surface area contributed by atoms with Crippen molar-refractivity contribution in [1.82, 2.24) is 5.32 Å². The number of rotatable bonds is 4. The molecule has 0 aliphatic heterocycles. The van der Waals surface area contributed by atoms with E-state index in [-0.39, 0.29) is 11.6 Å². The minimum Gasteiger partial charge on any atom is -0.478 e. The lowest BCUT2D eigenvalue weighted by Crippen LogP contribution is -2.27. The number of halogens is 1. The maximum atomic E-state index is 11.8. The first-order valence-corrected chi connectivity index (χ1v) is 7.69. The second-order valence-electron chi connectivity index (χ2n) is 4.35. The molecule has 2 amide bonds. The lowest BCUT2D eigenvalue weighted by atomic mass is 10.2. The van der Waals surface area contributed by atoms with Gasteiger partial charge >= 0.3 is 12.0 Å². The summed E-state index contributed by atoms with van der Waals surface area (Å²) < 4.78 is 0.589. The van der Waals surface area contributed by atoms with E-state index in [0.29, 0.717) is 16.7 Å². The predicted octanol–water partition coefficient (Wildman–Crippen LogP) is 3.84. The number of aromatic carboxylic acids is 1. The summed E-state index contributed by atoms with van der Waals surface area (Å²) in [6.45, 7) is 2.44. The summed E-state index contributed by atoms with van der Waals surface area (Å²) in [4.78, 5) is 25.0. The number of carbonyl (C=O) groups is 2. The van der Waals surface area contributed by atoms with E-state index >= 15 is 0 Å². The van der Waals surface area contributed by atoms with Crippen molar-refractivity contribution >= 4 is 45.0 Å². The zero-order chi connectivity index (χ0) is 15.4. The van der Waals surface area contributed by atoms with E-state index in [1.807, 2.05) is 19.1 Å². The minimum atomic E-state index is -1.05. The van der Waals surface area contributed by atoms with Crippen molar-refractivity contribution in [2.24, 2.45) is 0 Å². The summed E-state index contributed by atoms with van der Waals surface area (Å²) in [5.41, 5.74) is 0.523. The molecule has 21 heavy (non-hydrogen) atoms. The first-order valence-electron chi connectivity index (χ1n) is 6.08. The molecule has 1 aromatic carbocycles. The van der Waals surface area contributed by atoms with Gasteiger partial charge in [-0.15, -0.1) is 11.3 Å². The van der Waals surface area contributed by atoms with Crippen LogP contribution in [0.5, 0.6) is 0 Å². The van der Waals surface area contributed by atoms with Gasteiger partial charge in [-0.3, -0.25) is 0 Å². The monoisotopic (exact) mass is 368 g/mol. The Morgan fingerprint density at radius 3 is 2.67 bits per heavy atom. The molecule has 3 N–H and O–H groups in total. The van der Waals surface area contributed by atoms with Gasteiger partial charge in [0.1, 0.15) is 0 Å². The zero-order valence-corrected chi connectivity index (χ0v) is 13.5. The third-order valence-corrected chi connectivity index (χ3v) is 4.08. The van der Waals surface area contributed by atoms with Gasteiger partial charge in [0, 0.05) is 19.9 Å². The van der Waals surface area contributed by atoms with Gasteiger partial charge in [-0.2, -0.15) is 0 Å². The SMILES string of the molecule is Cc1ccc(CNC(=O)Nc2cc(Br)cc(C(=O)O)c2)s1. The Kier molecular flexibility index (Phi) is 4.98. The first kappa shape index (κ1) is 15.5. The van der Waals surface area contributed by atoms with Crippen LogP contribution in [0.2, 0.25) is 0 Å². The van der Waals surface area contributed by atoms with Gasteiger partial charge < -0.3 is 15.7 Å². The number of nitrogens with one attached hydrogen (secondary N) is 2. The largest absolute Gasteiger partial charge is 0.478 e. The predicted molar refractivity (Wildman–Crippen MR) is 86.0 cm³/mol. The standard InChI is InChI=1S/C14H13BrN2O3S/c1-8-2-3-12(21-8)7-16-14(20)17-11-5-9(13(18)19)4-10(15)6-11/h2-6H,7H2,1H3,(H,18,19)(H2,16,17,20). The topological polar surface area (TPSA) is 78.4 Å². The summed E-state index contributed by atoms with van der Waals surface area (Å²) in [6, 6.07) is 8.09. The Balaban J connectivity index is 1.97. The summed E-state index contributed by atoms with van der Waals surface area (Å²) >= 11 is 4.83. The molecular weight excluding hydrogens is 356 g/mol. The molecule has 7 heteroatoms. The average Bonchev–Trinajstić information content (AvgIpc) is 2.81. The van der Waals surface area contributed by atoms with Crippen molar-refractivity contribution < 1.29 is 14.7 Å². The normalized spacial score (nSPS) is 10.2. The van der Waals surface area contributed by atoms with E-state index in [1.54, 1.807) is 17.4 Å². The van der Waals surface area contributed by atoms with Crippen LogP contribution in [0.25, 0.3) is 0 Å². The van der Waals surface area contributed by atoms with Crippen LogP contribution < -0.4 is 10.6 Å². The quantitative estimate of drug-likeness (QED) is 0.766. The Bertz CT molecular complexity index is 685. The molecule has 0 unspecified atom stereocenters. The first-order chi connectivity index (χ1) is 9.94. The fourth-order valence-corrected chi connectivity index (χ4v) is 3.03. The molecule has 5 nitrogen and oxygen atoms in total. The second kappa shape index (κ2) is 6.73. The molecule has 0 aliphatic carbocycles. The maximum Gasteiger partial charge on any atom is 0.335 e. The third kappa shape index (κ3) is 4.57. The van der Waals surface area contributed by atoms with Crippen LogP contribution in [0, 0.1) is 6.92 Å². The highest BCUT2D eigenvalue weighted by Crippen LogP contribution is 2.20. The van der Waals surface area contributed by atoms with Crippen LogP contribution in [-0.2, 0) is 6.54 Å². The van der Waals surface area contributed by atoms with E-state index in [9.17, 15) is 9.59 Å². The molecule has 0 fully saturated rings. The number of thiophene rings is 1. The van der Waals surface area contributed by atoms with Crippen molar-refractivity contribution in [2.75, 3.05) is 5.32 Å². The number of amides is 2. The van der Waals surface area contributed by atoms with Crippen molar-refractivity contribution in [3.05, 3.63) is 50.1 Å². The van der Waals surface area contributed by atoms with Crippen LogP contribution in [0.15, 0.2) is 34.8 Å². The van der Waals surface area contributed by atoms with Gasteiger partial charge in [-0.05, 0) is 37.3 Å². The third-order valence-electron chi connectivity index (χ3n) is 2.62. The van der Waals surface area contributed by atoms with Gasteiger partial charge in [-0.1, -0.05) is 15.9 Å². The van der Waals surface area contributed by atoms with Gasteiger partial charge in [0.2, 0.25) is 0 Å². The van der Waals surface area contributed by atoms with Gasteiger partial charge in [0.25, 0.3) is 0 Å². The molecule has 0 saturated carbocycles. The van der Waals surface area contributed by atoms with Crippen LogP contribution in [0.4, 0.5) is 10.5 Å². The van der Waals surface area contributed by atoms with E-state index < -0.39 is 5.97 Å². The Hall–Kier alpha value is -1.86. The lowest BCUT2D eigenvalue weighted by molar-refractivity contribution is 0.0697. The number of hydrogen-bond acceptors (Lipinski definition) is 3. The molecule has 0 saturated heterocycles. The number of urea groups is 1. The van der Waals surface area contributed by atoms with E-state index in [0.717, 1.165) is 4.88 Å². The van der Waals surface area contributed by atoms with Crippen molar-refractivity contribution in [3.63, 3.8) is 0 Å². The van der Waals surface area contributed by atoms with Crippen LogP contribution >= 0.6 is 27.3 Å². The highest BCUT2D eigenvalue weighted by Gasteiger charge is 2.08. The average molecular weight is 369 g/mol. The fraction of sp³-hybridized carbons (Fsp3) is 0.143. The Morgan fingerprint density at radius 2 is 2.05 bits per heavy atom. The highest BCUT2D eigenvalue weighted by molar-refractivity contribution is 9.10. The summed E-state index contributed by atoms with van der Waals surface area (Å²) in [5.74, 6) is -1.05. The van der Waals surface area contributed by atoms with Crippen molar-refractivity contribution in [1.29, 1.82) is 0 Å². The molecule has 0 aliphatic rings. The number of benzene rings is 1. The number of aryl methyl sites for hydroxylation is 1. The zero-order valence-electron chi connectivity index (χ0n) is 11.1. The Morgan fingerprint density at radius 1 is 1.29 bits per heavy atom. The maximum absolute atomic E-state index is 11.8. The van der Waals surface area contributed by atoms with Gasteiger partial charge in [0.15, 0.2) is 0 Å². The molecule has 0 radical (unpaired) electrons.